The molecule has 1 aliphatic rings. The van der Waals surface area contributed by atoms with Crippen molar-refractivity contribution in [3.8, 4) is 0 Å². The van der Waals surface area contributed by atoms with E-state index in [9.17, 15) is 29.1 Å². The molecule has 1 saturated carbocycles. The zero-order valence-electron chi connectivity index (χ0n) is 19.5. The van der Waals surface area contributed by atoms with Crippen LogP contribution in [0.5, 0.6) is 0 Å². The number of hydrogen-bond acceptors (Lipinski definition) is 10. The maximum Gasteiger partial charge on any atom is 0.346 e. The minimum atomic E-state index is -1.50. The first-order valence-corrected chi connectivity index (χ1v) is 11.1. The number of carboxylic acids is 3. The van der Waals surface area contributed by atoms with Gasteiger partial charge in [0, 0.05) is 0 Å². The zero-order valence-corrected chi connectivity index (χ0v) is 19.5. The second kappa shape index (κ2) is 16.3. The van der Waals surface area contributed by atoms with Crippen LogP contribution in [-0.4, -0.2) is 95.0 Å². The molecule has 13 heteroatoms. The fourth-order valence-corrected chi connectivity index (χ4v) is 3.41. The Labute approximate surface area is 206 Å². The summed E-state index contributed by atoms with van der Waals surface area (Å²) in [5.74, 6) is -8.43. The van der Waals surface area contributed by atoms with E-state index in [0.717, 1.165) is 18.2 Å². The highest BCUT2D eigenvalue weighted by atomic mass is 16.6. The van der Waals surface area contributed by atoms with Crippen LogP contribution in [0, 0.1) is 11.8 Å². The van der Waals surface area contributed by atoms with Crippen LogP contribution in [0.3, 0.4) is 0 Å². The summed E-state index contributed by atoms with van der Waals surface area (Å²) >= 11 is 0. The van der Waals surface area contributed by atoms with Crippen molar-refractivity contribution in [2.24, 2.45) is 11.8 Å². The van der Waals surface area contributed by atoms with Crippen molar-refractivity contribution in [1.82, 2.24) is 0 Å². The highest BCUT2D eigenvalue weighted by Crippen LogP contribution is 2.31. The molecular weight excluding hydrogens is 484 g/mol. The number of aliphatic carboxylic acids is 1. The predicted octanol–water partition coefficient (Wildman–Crippen LogP) is 0.662. The van der Waals surface area contributed by atoms with Crippen molar-refractivity contribution in [3.05, 3.63) is 34.9 Å². The number of aliphatic hydroxyl groups is 2. The molecule has 13 nitrogen and oxygen atoms in total. The van der Waals surface area contributed by atoms with Gasteiger partial charge in [-0.05, 0) is 31.0 Å². The van der Waals surface area contributed by atoms with E-state index in [1.165, 1.54) is 0 Å². The number of aliphatic hydroxyl groups excluding tert-OH is 2. The van der Waals surface area contributed by atoms with E-state index in [2.05, 4.69) is 4.74 Å². The summed E-state index contributed by atoms with van der Waals surface area (Å²) in [5.41, 5.74) is -1.46. The molecule has 0 aliphatic heterocycles. The molecular formula is C23H30O13. The second-order valence-electron chi connectivity index (χ2n) is 7.59. The molecule has 2 rings (SSSR count). The Morgan fingerprint density at radius 1 is 0.750 bits per heavy atom. The van der Waals surface area contributed by atoms with Gasteiger partial charge in [-0.3, -0.25) is 9.59 Å². The lowest BCUT2D eigenvalue weighted by atomic mass is 9.79. The zero-order chi connectivity index (χ0) is 27.1. The minimum Gasteiger partial charge on any atom is -0.481 e. The van der Waals surface area contributed by atoms with E-state index in [1.807, 2.05) is 0 Å². The Balaban J connectivity index is 0.000000548. The van der Waals surface area contributed by atoms with Crippen LogP contribution in [0.15, 0.2) is 18.2 Å². The van der Waals surface area contributed by atoms with Gasteiger partial charge in [0.25, 0.3) is 0 Å². The third-order valence-electron chi connectivity index (χ3n) is 5.14. The topological polar surface area (TPSA) is 214 Å². The molecule has 0 spiro atoms. The van der Waals surface area contributed by atoms with Crippen LogP contribution in [0.4, 0.5) is 0 Å². The third-order valence-corrected chi connectivity index (χ3v) is 5.14. The summed E-state index contributed by atoms with van der Waals surface area (Å²) in [6.45, 7) is 1.73. The number of esters is 2. The van der Waals surface area contributed by atoms with Crippen molar-refractivity contribution in [2.75, 3.05) is 39.6 Å². The van der Waals surface area contributed by atoms with Crippen molar-refractivity contribution in [2.45, 2.75) is 25.7 Å². The Bertz CT molecular complexity index is 903. The molecule has 0 bridgehead atoms. The maximum absolute atomic E-state index is 12.2. The summed E-state index contributed by atoms with van der Waals surface area (Å²) in [6.07, 6.45) is 1.76. The van der Waals surface area contributed by atoms with Crippen LogP contribution in [-0.2, 0) is 23.8 Å². The minimum absolute atomic E-state index is 0.0417. The summed E-state index contributed by atoms with van der Waals surface area (Å²) in [4.78, 5) is 57.9. The Kier molecular flexibility index (Phi) is 13.9. The number of ether oxygens (including phenoxy) is 3. The van der Waals surface area contributed by atoms with Gasteiger partial charge < -0.3 is 39.7 Å². The number of carbonyl (C=O) groups is 5. The molecule has 1 fully saturated rings. The molecule has 1 aromatic carbocycles. The first kappa shape index (κ1) is 30.6. The number of carbonyl (C=O) groups excluding carboxylic acids is 2. The van der Waals surface area contributed by atoms with Gasteiger partial charge in [-0.15, -0.1) is 0 Å². The van der Waals surface area contributed by atoms with Crippen LogP contribution < -0.4 is 0 Å². The third kappa shape index (κ3) is 10.1. The lowest BCUT2D eigenvalue weighted by molar-refractivity contribution is -0.156. The van der Waals surface area contributed by atoms with E-state index in [0.29, 0.717) is 39.3 Å². The Hall–Kier alpha value is -3.39. The van der Waals surface area contributed by atoms with Gasteiger partial charge in [-0.2, -0.15) is 0 Å². The number of carboxylic acid groups (broad SMARTS) is 3. The largest absolute Gasteiger partial charge is 0.481 e. The quantitative estimate of drug-likeness (QED) is 0.147. The Morgan fingerprint density at radius 2 is 1.31 bits per heavy atom. The molecule has 36 heavy (non-hydrogen) atoms. The van der Waals surface area contributed by atoms with Crippen molar-refractivity contribution < 1.29 is 63.7 Å². The number of hydrogen-bond donors (Lipinski definition) is 5. The van der Waals surface area contributed by atoms with Crippen LogP contribution >= 0.6 is 0 Å². The smallest absolute Gasteiger partial charge is 0.346 e. The van der Waals surface area contributed by atoms with Crippen molar-refractivity contribution in [3.63, 3.8) is 0 Å². The van der Waals surface area contributed by atoms with Gasteiger partial charge in [0.1, 0.15) is 0 Å². The average molecular weight is 514 g/mol. The van der Waals surface area contributed by atoms with Crippen LogP contribution in [0.2, 0.25) is 0 Å². The highest BCUT2D eigenvalue weighted by Gasteiger charge is 2.38. The predicted molar refractivity (Wildman–Crippen MR) is 120 cm³/mol. The number of benzene rings is 1. The molecule has 2 unspecified atom stereocenters. The summed E-state index contributed by atoms with van der Waals surface area (Å²) in [5, 5.41) is 43.8. The second-order valence-corrected chi connectivity index (χ2v) is 7.59. The molecule has 1 aromatic rings. The summed E-state index contributed by atoms with van der Waals surface area (Å²) < 4.78 is 14.4. The van der Waals surface area contributed by atoms with Gasteiger partial charge >= 0.3 is 29.8 Å². The van der Waals surface area contributed by atoms with E-state index in [4.69, 9.17) is 29.9 Å². The number of rotatable bonds is 12. The molecule has 0 heterocycles. The normalized spacial score (nSPS) is 16.8. The van der Waals surface area contributed by atoms with E-state index in [-0.39, 0.29) is 31.6 Å². The van der Waals surface area contributed by atoms with E-state index in [1.54, 1.807) is 0 Å². The number of aromatic carboxylic acids is 2. The van der Waals surface area contributed by atoms with Gasteiger partial charge in [-0.25, -0.2) is 14.4 Å². The Morgan fingerprint density at radius 3 is 1.78 bits per heavy atom. The van der Waals surface area contributed by atoms with Gasteiger partial charge in [0.2, 0.25) is 0 Å². The average Bonchev–Trinajstić information content (AvgIpc) is 2.86. The molecule has 1 aliphatic carbocycles. The van der Waals surface area contributed by atoms with Crippen LogP contribution in [0.1, 0.15) is 56.8 Å². The molecule has 0 aromatic heterocycles. The summed E-state index contributed by atoms with van der Waals surface area (Å²) in [7, 11) is 0. The van der Waals surface area contributed by atoms with E-state index < -0.39 is 52.8 Å². The summed E-state index contributed by atoms with van der Waals surface area (Å²) in [6, 6.07) is 2.73. The molecule has 0 radical (unpaired) electrons. The maximum atomic E-state index is 12.2. The molecule has 5 N–H and O–H groups in total. The monoisotopic (exact) mass is 514 g/mol. The molecule has 2 atom stereocenters. The SMILES string of the molecule is O=C(O)c1ccc(C(=O)O)c(C(=O)OC(=O)C2CCCCC2C(=O)O)c1.OCCOCCOCCO. The van der Waals surface area contributed by atoms with Gasteiger partial charge in [0.05, 0.1) is 68.2 Å². The highest BCUT2D eigenvalue weighted by molar-refractivity contribution is 6.07. The lowest BCUT2D eigenvalue weighted by Crippen LogP contribution is -2.35. The lowest BCUT2D eigenvalue weighted by Gasteiger charge is -2.26. The fourth-order valence-electron chi connectivity index (χ4n) is 3.41. The molecule has 0 amide bonds. The molecule has 200 valence electrons. The van der Waals surface area contributed by atoms with Gasteiger partial charge in [0.15, 0.2) is 0 Å². The molecule has 0 saturated heterocycles. The van der Waals surface area contributed by atoms with E-state index >= 15 is 0 Å². The van der Waals surface area contributed by atoms with Crippen LogP contribution in [0.25, 0.3) is 0 Å². The van der Waals surface area contributed by atoms with Crippen molar-refractivity contribution >= 4 is 29.8 Å². The first-order valence-electron chi connectivity index (χ1n) is 11.1. The fraction of sp³-hybridized carbons (Fsp3) is 0.522. The standard InChI is InChI=1S/C17H16O9.C6H14O4/c18-13(19)8-5-6-10(15(22)23)12(7-8)17(25)26-16(24)11-4-2-1-3-9(11)14(20)21;7-1-3-9-5-6-10-4-2-8/h5-7,9,11H,1-4H2,(H,18,19)(H,20,21)(H,22,23);7-8H,1-6H2. The van der Waals surface area contributed by atoms with Gasteiger partial charge in [-0.1, -0.05) is 12.8 Å². The van der Waals surface area contributed by atoms with Crippen molar-refractivity contribution in [1.29, 1.82) is 0 Å². The first-order chi connectivity index (χ1) is 17.1.